The van der Waals surface area contributed by atoms with Crippen molar-refractivity contribution in [3.63, 3.8) is 0 Å². The van der Waals surface area contributed by atoms with Crippen molar-refractivity contribution >= 4 is 43.9 Å². The lowest BCUT2D eigenvalue weighted by molar-refractivity contribution is 0.256. The molecule has 0 spiro atoms. The predicted octanol–water partition coefficient (Wildman–Crippen LogP) is 0.825. The molecule has 2 heterocycles. The van der Waals surface area contributed by atoms with Crippen LogP contribution in [0.3, 0.4) is 0 Å². The van der Waals surface area contributed by atoms with Crippen LogP contribution in [-0.4, -0.2) is 41.5 Å². The normalized spacial score (nSPS) is 10.8. The van der Waals surface area contributed by atoms with Crippen LogP contribution >= 0.6 is 15.9 Å². The smallest absolute Gasteiger partial charge is 0.336 e. The Morgan fingerprint density at radius 1 is 1.25 bits per heavy atom. The topological polar surface area (TPSA) is 148 Å². The number of hydrogen-bond donors (Lipinski definition) is 3. The van der Waals surface area contributed by atoms with Gasteiger partial charge in [-0.1, -0.05) is 0 Å². The standard InChI is InChI=1S/C11H12BrN7O4S/c1-6-14-9(17-11(15-6)23-2)16-10(20)19-24(21,22)18-8-4-3-7(12)5-13-8/h3-5H,1-2H3,(H,13,18)(H2,14,15,16,17,19,20). The van der Waals surface area contributed by atoms with E-state index in [1.165, 1.54) is 19.4 Å². The zero-order valence-electron chi connectivity index (χ0n) is 12.4. The third kappa shape index (κ3) is 5.27. The van der Waals surface area contributed by atoms with Crippen LogP contribution in [0.25, 0.3) is 0 Å². The third-order valence-corrected chi connectivity index (χ3v) is 3.73. The average Bonchev–Trinajstić information content (AvgIpc) is 2.47. The molecule has 3 N–H and O–H groups in total. The van der Waals surface area contributed by atoms with E-state index in [1.807, 2.05) is 0 Å². The number of carbonyl (C=O) groups is 1. The summed E-state index contributed by atoms with van der Waals surface area (Å²) in [6.07, 6.45) is 1.40. The molecule has 2 aromatic heterocycles. The van der Waals surface area contributed by atoms with E-state index in [0.717, 1.165) is 0 Å². The maximum atomic E-state index is 11.9. The number of anilines is 2. The third-order valence-electron chi connectivity index (χ3n) is 2.33. The van der Waals surface area contributed by atoms with E-state index in [-0.39, 0.29) is 23.6 Å². The first-order chi connectivity index (χ1) is 11.3. The summed E-state index contributed by atoms with van der Waals surface area (Å²) in [5, 5.41) is 2.17. The van der Waals surface area contributed by atoms with Gasteiger partial charge in [-0.3, -0.25) is 10.0 Å². The van der Waals surface area contributed by atoms with Crippen LogP contribution < -0.4 is 19.5 Å². The van der Waals surface area contributed by atoms with E-state index in [2.05, 4.69) is 45.9 Å². The van der Waals surface area contributed by atoms with Crippen molar-refractivity contribution in [2.24, 2.45) is 0 Å². The highest BCUT2D eigenvalue weighted by atomic mass is 79.9. The first-order valence-electron chi connectivity index (χ1n) is 6.27. The lowest BCUT2D eigenvalue weighted by Gasteiger charge is -2.09. The van der Waals surface area contributed by atoms with E-state index < -0.39 is 16.2 Å². The van der Waals surface area contributed by atoms with Crippen molar-refractivity contribution in [3.8, 4) is 6.01 Å². The lowest BCUT2D eigenvalue weighted by Crippen LogP contribution is -2.38. The fourth-order valence-electron chi connectivity index (χ4n) is 1.45. The fraction of sp³-hybridized carbons (Fsp3) is 0.182. The Hall–Kier alpha value is -2.54. The van der Waals surface area contributed by atoms with Crippen molar-refractivity contribution in [3.05, 3.63) is 28.6 Å². The van der Waals surface area contributed by atoms with Gasteiger partial charge in [-0.15, -0.1) is 0 Å². The van der Waals surface area contributed by atoms with Crippen LogP contribution in [0.2, 0.25) is 0 Å². The van der Waals surface area contributed by atoms with Crippen LogP contribution in [0.5, 0.6) is 6.01 Å². The van der Waals surface area contributed by atoms with E-state index in [1.54, 1.807) is 17.7 Å². The second-order valence-corrected chi connectivity index (χ2v) is 6.55. The Bertz CT molecular complexity index is 844. The molecule has 0 unspecified atom stereocenters. The number of amides is 2. The van der Waals surface area contributed by atoms with Gasteiger partial charge < -0.3 is 4.74 Å². The van der Waals surface area contributed by atoms with E-state index >= 15 is 0 Å². The maximum Gasteiger partial charge on any atom is 0.336 e. The number of halogens is 1. The van der Waals surface area contributed by atoms with Gasteiger partial charge >= 0.3 is 22.3 Å². The van der Waals surface area contributed by atoms with Gasteiger partial charge in [0.05, 0.1) is 7.11 Å². The summed E-state index contributed by atoms with van der Waals surface area (Å²) in [5.41, 5.74) is 0. The highest BCUT2D eigenvalue weighted by Crippen LogP contribution is 2.11. The van der Waals surface area contributed by atoms with Gasteiger partial charge in [0.1, 0.15) is 11.6 Å². The molecule has 0 aliphatic heterocycles. The van der Waals surface area contributed by atoms with Gasteiger partial charge in [0.15, 0.2) is 0 Å². The SMILES string of the molecule is COc1nc(C)nc(NC(=O)NS(=O)(=O)Nc2ccc(Br)cn2)n1. The Kier molecular flexibility index (Phi) is 5.46. The molecule has 0 atom stereocenters. The first-order valence-corrected chi connectivity index (χ1v) is 8.55. The van der Waals surface area contributed by atoms with Crippen molar-refractivity contribution in [1.29, 1.82) is 0 Å². The molecule has 0 aliphatic carbocycles. The Morgan fingerprint density at radius 3 is 2.62 bits per heavy atom. The molecule has 0 aliphatic rings. The van der Waals surface area contributed by atoms with Crippen molar-refractivity contribution in [2.75, 3.05) is 17.1 Å². The predicted molar refractivity (Wildman–Crippen MR) is 87.7 cm³/mol. The molecule has 13 heteroatoms. The monoisotopic (exact) mass is 417 g/mol. The Labute approximate surface area is 145 Å². The second kappa shape index (κ2) is 7.35. The summed E-state index contributed by atoms with van der Waals surface area (Å²) in [6, 6.07) is 1.93. The van der Waals surface area contributed by atoms with Gasteiger partial charge in [-0.05, 0) is 35.0 Å². The average molecular weight is 418 g/mol. The number of pyridine rings is 1. The van der Waals surface area contributed by atoms with Gasteiger partial charge in [0.2, 0.25) is 5.95 Å². The molecule has 2 amide bonds. The molecule has 2 rings (SSSR count). The summed E-state index contributed by atoms with van der Waals surface area (Å²) in [5.74, 6) is 0.169. The molecule has 0 radical (unpaired) electrons. The van der Waals surface area contributed by atoms with E-state index in [0.29, 0.717) is 4.47 Å². The van der Waals surface area contributed by atoms with E-state index in [4.69, 9.17) is 4.74 Å². The summed E-state index contributed by atoms with van der Waals surface area (Å²) < 4.78 is 33.1. The molecule has 0 fully saturated rings. The number of nitrogens with one attached hydrogen (secondary N) is 3. The molecule has 0 bridgehead atoms. The summed E-state index contributed by atoms with van der Waals surface area (Å²) >= 11 is 3.17. The van der Waals surface area contributed by atoms with Crippen molar-refractivity contribution in [1.82, 2.24) is 24.7 Å². The van der Waals surface area contributed by atoms with E-state index in [9.17, 15) is 13.2 Å². The highest BCUT2D eigenvalue weighted by molar-refractivity contribution is 9.10. The quantitative estimate of drug-likeness (QED) is 0.647. The van der Waals surface area contributed by atoms with Gasteiger partial charge in [0.25, 0.3) is 0 Å². The number of methoxy groups -OCH3 is 1. The zero-order chi connectivity index (χ0) is 17.7. The minimum absolute atomic E-state index is 0.0159. The van der Waals surface area contributed by atoms with Crippen LogP contribution in [0.1, 0.15) is 5.82 Å². The molecule has 0 aromatic carbocycles. The molecule has 24 heavy (non-hydrogen) atoms. The highest BCUT2D eigenvalue weighted by Gasteiger charge is 2.16. The number of rotatable bonds is 5. The van der Waals surface area contributed by atoms with Crippen LogP contribution in [0, 0.1) is 6.92 Å². The van der Waals surface area contributed by atoms with Gasteiger partial charge in [0, 0.05) is 10.7 Å². The first kappa shape index (κ1) is 17.8. The molecule has 128 valence electrons. The number of nitrogens with zero attached hydrogens (tertiary/aromatic N) is 4. The molecule has 2 aromatic rings. The lowest BCUT2D eigenvalue weighted by atomic mass is 10.5. The van der Waals surface area contributed by atoms with Crippen molar-refractivity contribution < 1.29 is 17.9 Å². The fourth-order valence-corrected chi connectivity index (χ4v) is 2.43. The van der Waals surface area contributed by atoms with Crippen molar-refractivity contribution in [2.45, 2.75) is 6.92 Å². The zero-order valence-corrected chi connectivity index (χ0v) is 14.8. The van der Waals surface area contributed by atoms with Gasteiger partial charge in [-0.2, -0.15) is 23.4 Å². The minimum atomic E-state index is -4.18. The van der Waals surface area contributed by atoms with Gasteiger partial charge in [-0.25, -0.2) is 14.5 Å². The van der Waals surface area contributed by atoms with Crippen LogP contribution in [0.4, 0.5) is 16.6 Å². The molecular formula is C11H12BrN7O4S. The Balaban J connectivity index is 2.02. The maximum absolute atomic E-state index is 11.9. The molecule has 11 nitrogen and oxygen atoms in total. The molecular weight excluding hydrogens is 406 g/mol. The van der Waals surface area contributed by atoms with Crippen LogP contribution in [0.15, 0.2) is 22.8 Å². The second-order valence-electron chi connectivity index (χ2n) is 4.22. The summed E-state index contributed by atoms with van der Waals surface area (Å²) in [7, 11) is -2.84. The number of ether oxygens (including phenoxy) is 1. The molecule has 0 saturated carbocycles. The number of carbonyl (C=O) groups excluding carboxylic acids is 1. The summed E-state index contributed by atoms with van der Waals surface area (Å²) in [4.78, 5) is 27.0. The Morgan fingerprint density at radius 2 is 2.00 bits per heavy atom. The number of hydrogen-bond acceptors (Lipinski definition) is 8. The summed E-state index contributed by atoms with van der Waals surface area (Å²) in [6.45, 7) is 1.56. The minimum Gasteiger partial charge on any atom is -0.467 e. The molecule has 0 saturated heterocycles. The number of aryl methyl sites for hydroxylation is 1. The number of aromatic nitrogens is 4. The number of urea groups is 1. The van der Waals surface area contributed by atoms with Crippen LogP contribution in [-0.2, 0) is 10.2 Å². The largest absolute Gasteiger partial charge is 0.467 e.